The summed E-state index contributed by atoms with van der Waals surface area (Å²) in [5, 5.41) is 4.89. The number of para-hydroxylation sites is 1. The second kappa shape index (κ2) is 10.4. The van der Waals surface area contributed by atoms with Gasteiger partial charge in [-0.25, -0.2) is 0 Å². The Morgan fingerprint density at radius 2 is 1.89 bits per heavy atom. The van der Waals surface area contributed by atoms with Crippen LogP contribution in [0.2, 0.25) is 0 Å². The van der Waals surface area contributed by atoms with Crippen LogP contribution in [0.3, 0.4) is 0 Å². The van der Waals surface area contributed by atoms with E-state index >= 15 is 0 Å². The van der Waals surface area contributed by atoms with Gasteiger partial charge in [0.25, 0.3) is 5.91 Å². The molecular weight excluding hydrogens is 370 g/mol. The molecule has 1 aromatic heterocycles. The number of nitrogens with one attached hydrogen (secondary N) is 1. The maximum Gasteiger partial charge on any atom is 0.265 e. The van der Waals surface area contributed by atoms with E-state index < -0.39 is 0 Å². The lowest BCUT2D eigenvalue weighted by molar-refractivity contribution is -0.137. The van der Waals surface area contributed by atoms with E-state index in [1.165, 1.54) is 17.8 Å². The fraction of sp³-hybridized carbons (Fsp3) is 0.455. The number of thiophene rings is 1. The molecule has 0 unspecified atom stereocenters. The highest BCUT2D eigenvalue weighted by Crippen LogP contribution is 2.27. The number of amides is 2. The van der Waals surface area contributed by atoms with E-state index in [0.29, 0.717) is 24.5 Å². The summed E-state index contributed by atoms with van der Waals surface area (Å²) >= 11 is 1.41. The summed E-state index contributed by atoms with van der Waals surface area (Å²) in [4.78, 5) is 28.2. The molecular formula is C22H29N3O2S. The van der Waals surface area contributed by atoms with E-state index in [9.17, 15) is 9.59 Å². The van der Waals surface area contributed by atoms with Crippen LogP contribution in [0.25, 0.3) is 0 Å². The standard InChI is InChI=1S/C22H29N3O2S/c23-13-7-14-25(22(27)17-8-2-1-3-9-17)16-18-10-4-5-11-19(18)24-21(26)20-12-6-15-28-20/h4-6,10-12,15,17H,1-3,7-9,13-14,16,23H2,(H,24,26). The third-order valence-corrected chi connectivity index (χ3v) is 6.14. The number of anilines is 1. The summed E-state index contributed by atoms with van der Waals surface area (Å²) in [6.45, 7) is 1.71. The fourth-order valence-corrected chi connectivity index (χ4v) is 4.35. The number of hydrogen-bond acceptors (Lipinski definition) is 4. The first kappa shape index (κ1) is 20.6. The Balaban J connectivity index is 1.74. The molecule has 3 rings (SSSR count). The molecule has 1 saturated carbocycles. The molecule has 3 N–H and O–H groups in total. The average molecular weight is 400 g/mol. The number of benzene rings is 1. The Hall–Kier alpha value is -2.18. The van der Waals surface area contributed by atoms with Crippen LogP contribution >= 0.6 is 11.3 Å². The Kier molecular flexibility index (Phi) is 7.62. The first-order valence-electron chi connectivity index (χ1n) is 10.1. The number of rotatable bonds is 8. The van der Waals surface area contributed by atoms with Gasteiger partial charge in [-0.1, -0.05) is 43.5 Å². The molecule has 1 aliphatic rings. The monoisotopic (exact) mass is 399 g/mol. The van der Waals surface area contributed by atoms with Gasteiger partial charge in [0.05, 0.1) is 4.88 Å². The zero-order valence-electron chi connectivity index (χ0n) is 16.2. The number of nitrogens with two attached hydrogens (primary N) is 1. The lowest BCUT2D eigenvalue weighted by Gasteiger charge is -2.30. The van der Waals surface area contributed by atoms with Gasteiger partial charge in [-0.3, -0.25) is 9.59 Å². The van der Waals surface area contributed by atoms with Crippen LogP contribution in [-0.4, -0.2) is 29.8 Å². The maximum atomic E-state index is 13.1. The third kappa shape index (κ3) is 5.42. The first-order valence-corrected chi connectivity index (χ1v) is 11.0. The molecule has 28 heavy (non-hydrogen) atoms. The van der Waals surface area contributed by atoms with Crippen molar-refractivity contribution >= 4 is 28.8 Å². The van der Waals surface area contributed by atoms with E-state index in [1.807, 2.05) is 46.7 Å². The van der Waals surface area contributed by atoms with Crippen LogP contribution in [0.15, 0.2) is 41.8 Å². The minimum absolute atomic E-state index is 0.116. The van der Waals surface area contributed by atoms with E-state index in [-0.39, 0.29) is 17.7 Å². The predicted molar refractivity (Wildman–Crippen MR) is 114 cm³/mol. The molecule has 1 aromatic carbocycles. The molecule has 1 heterocycles. The molecule has 0 spiro atoms. The largest absolute Gasteiger partial charge is 0.338 e. The predicted octanol–water partition coefficient (Wildman–Crippen LogP) is 4.26. The van der Waals surface area contributed by atoms with Crippen LogP contribution in [0.4, 0.5) is 5.69 Å². The van der Waals surface area contributed by atoms with Gasteiger partial charge < -0.3 is 16.0 Å². The SMILES string of the molecule is NCCCN(Cc1ccccc1NC(=O)c1cccs1)C(=O)C1CCCCC1. The highest BCUT2D eigenvalue weighted by Gasteiger charge is 2.26. The molecule has 0 bridgehead atoms. The molecule has 0 radical (unpaired) electrons. The summed E-state index contributed by atoms with van der Waals surface area (Å²) in [5.74, 6) is 0.237. The number of hydrogen-bond donors (Lipinski definition) is 2. The lowest BCUT2D eigenvalue weighted by Crippen LogP contribution is -2.38. The van der Waals surface area contributed by atoms with Crippen LogP contribution in [0.1, 0.15) is 53.8 Å². The second-order valence-electron chi connectivity index (χ2n) is 7.33. The van der Waals surface area contributed by atoms with Crippen molar-refractivity contribution in [3.8, 4) is 0 Å². The van der Waals surface area contributed by atoms with Crippen LogP contribution in [0, 0.1) is 5.92 Å². The van der Waals surface area contributed by atoms with Crippen molar-refractivity contribution in [2.24, 2.45) is 11.7 Å². The van der Waals surface area contributed by atoms with Crippen molar-refractivity contribution in [2.75, 3.05) is 18.4 Å². The van der Waals surface area contributed by atoms with Gasteiger partial charge in [0, 0.05) is 24.7 Å². The maximum absolute atomic E-state index is 13.1. The molecule has 0 aliphatic heterocycles. The molecule has 0 atom stereocenters. The Morgan fingerprint density at radius 3 is 2.61 bits per heavy atom. The quantitative estimate of drug-likeness (QED) is 0.696. The zero-order valence-corrected chi connectivity index (χ0v) is 17.0. The van der Waals surface area contributed by atoms with E-state index in [2.05, 4.69) is 5.32 Å². The minimum Gasteiger partial charge on any atom is -0.338 e. The van der Waals surface area contributed by atoms with Crippen LogP contribution in [-0.2, 0) is 11.3 Å². The normalized spacial score (nSPS) is 14.6. The highest BCUT2D eigenvalue weighted by molar-refractivity contribution is 7.12. The average Bonchev–Trinajstić information content (AvgIpc) is 3.27. The minimum atomic E-state index is -0.116. The van der Waals surface area contributed by atoms with Crippen molar-refractivity contribution in [2.45, 2.75) is 45.1 Å². The van der Waals surface area contributed by atoms with Gasteiger partial charge in [0.1, 0.15) is 0 Å². The third-order valence-electron chi connectivity index (χ3n) is 5.27. The molecule has 150 valence electrons. The van der Waals surface area contributed by atoms with Crippen molar-refractivity contribution in [1.82, 2.24) is 4.90 Å². The topological polar surface area (TPSA) is 75.4 Å². The van der Waals surface area contributed by atoms with Crippen LogP contribution in [0.5, 0.6) is 0 Å². The van der Waals surface area contributed by atoms with Gasteiger partial charge in [-0.2, -0.15) is 0 Å². The van der Waals surface area contributed by atoms with Gasteiger partial charge in [0.15, 0.2) is 0 Å². The van der Waals surface area contributed by atoms with E-state index in [0.717, 1.165) is 43.4 Å². The van der Waals surface area contributed by atoms with Gasteiger partial charge >= 0.3 is 0 Å². The fourth-order valence-electron chi connectivity index (χ4n) is 3.73. The van der Waals surface area contributed by atoms with E-state index in [4.69, 9.17) is 5.73 Å². The lowest BCUT2D eigenvalue weighted by atomic mass is 9.88. The van der Waals surface area contributed by atoms with Crippen molar-refractivity contribution in [3.05, 3.63) is 52.2 Å². The first-order chi connectivity index (χ1) is 13.7. The summed E-state index contributed by atoms with van der Waals surface area (Å²) in [6, 6.07) is 11.4. The smallest absolute Gasteiger partial charge is 0.265 e. The number of carbonyl (C=O) groups is 2. The van der Waals surface area contributed by atoms with Crippen molar-refractivity contribution in [3.63, 3.8) is 0 Å². The summed E-state index contributed by atoms with van der Waals surface area (Å²) < 4.78 is 0. The number of carbonyl (C=O) groups excluding carboxylic acids is 2. The molecule has 0 saturated heterocycles. The molecule has 2 aromatic rings. The summed E-state index contributed by atoms with van der Waals surface area (Å²) in [5.41, 5.74) is 7.42. The van der Waals surface area contributed by atoms with E-state index in [1.54, 1.807) is 0 Å². The molecule has 5 nitrogen and oxygen atoms in total. The second-order valence-corrected chi connectivity index (χ2v) is 8.27. The van der Waals surface area contributed by atoms with Crippen molar-refractivity contribution in [1.29, 1.82) is 0 Å². The highest BCUT2D eigenvalue weighted by atomic mass is 32.1. The van der Waals surface area contributed by atoms with Gasteiger partial charge in [0.2, 0.25) is 5.91 Å². The summed E-state index contributed by atoms with van der Waals surface area (Å²) in [6.07, 6.45) is 6.24. The molecule has 1 aliphatic carbocycles. The zero-order chi connectivity index (χ0) is 19.8. The Morgan fingerprint density at radius 1 is 1.11 bits per heavy atom. The van der Waals surface area contributed by atoms with Gasteiger partial charge in [-0.05, 0) is 48.9 Å². The molecule has 1 fully saturated rings. The molecule has 2 amide bonds. The van der Waals surface area contributed by atoms with Crippen LogP contribution < -0.4 is 11.1 Å². The summed E-state index contributed by atoms with van der Waals surface area (Å²) in [7, 11) is 0. The van der Waals surface area contributed by atoms with Crippen molar-refractivity contribution < 1.29 is 9.59 Å². The Bertz CT molecular complexity index is 770. The molecule has 6 heteroatoms. The van der Waals surface area contributed by atoms with Gasteiger partial charge in [-0.15, -0.1) is 11.3 Å². The number of nitrogens with zero attached hydrogens (tertiary/aromatic N) is 1. The Labute approximate surface area is 170 Å².